The van der Waals surface area contributed by atoms with E-state index in [9.17, 15) is 0 Å². The van der Waals surface area contributed by atoms with Gasteiger partial charge in [-0.25, -0.2) is 0 Å². The molecule has 16 heavy (non-hydrogen) atoms. The maximum atomic E-state index is 5.36. The minimum Gasteiger partial charge on any atom is -0.464 e. The maximum absolute atomic E-state index is 5.36. The van der Waals surface area contributed by atoms with Gasteiger partial charge in [-0.15, -0.1) is 0 Å². The third kappa shape index (κ3) is 1.85. The number of hydrogen-bond donors (Lipinski definition) is 1. The fourth-order valence-corrected chi connectivity index (χ4v) is 2.16. The van der Waals surface area contributed by atoms with Crippen LogP contribution in [0.5, 0.6) is 0 Å². The number of fused-ring (bicyclic) bond motifs is 1. The molecular weight excluding hydrogens is 198 g/mol. The quantitative estimate of drug-likeness (QED) is 0.850. The van der Waals surface area contributed by atoms with Crippen LogP contribution in [0, 0.1) is 0 Å². The van der Waals surface area contributed by atoms with E-state index in [-0.39, 0.29) is 5.41 Å². The number of nitrogens with one attached hydrogen (secondary N) is 1. The highest BCUT2D eigenvalue weighted by Crippen LogP contribution is 2.29. The van der Waals surface area contributed by atoms with Gasteiger partial charge < -0.3 is 9.73 Å². The number of hydrogen-bond acceptors (Lipinski definition) is 2. The summed E-state index contributed by atoms with van der Waals surface area (Å²) in [4.78, 5) is 0. The molecule has 1 aromatic heterocycles. The lowest BCUT2D eigenvalue weighted by molar-refractivity contribution is 0.434. The highest BCUT2D eigenvalue weighted by atomic mass is 16.3. The van der Waals surface area contributed by atoms with E-state index < -0.39 is 0 Å². The minimum atomic E-state index is 0.195. The van der Waals surface area contributed by atoms with E-state index in [1.807, 2.05) is 13.1 Å². The van der Waals surface area contributed by atoms with Crippen LogP contribution in [-0.2, 0) is 5.41 Å². The van der Waals surface area contributed by atoms with Crippen LogP contribution in [0.3, 0.4) is 0 Å². The molecule has 2 aromatic rings. The summed E-state index contributed by atoms with van der Waals surface area (Å²) in [5.41, 5.74) is 2.53. The van der Waals surface area contributed by atoms with E-state index in [1.54, 1.807) is 6.26 Å². The van der Waals surface area contributed by atoms with Gasteiger partial charge in [0.1, 0.15) is 5.58 Å². The molecular formula is C14H19NO. The summed E-state index contributed by atoms with van der Waals surface area (Å²) in [6.07, 6.45) is 2.87. The van der Waals surface area contributed by atoms with Crippen LogP contribution in [0.25, 0.3) is 11.0 Å². The first kappa shape index (κ1) is 11.2. The second-order valence-electron chi connectivity index (χ2n) is 4.62. The predicted octanol–water partition coefficient (Wildman–Crippen LogP) is 3.32. The molecule has 0 bridgehead atoms. The van der Waals surface area contributed by atoms with Crippen LogP contribution in [0.15, 0.2) is 34.9 Å². The Morgan fingerprint density at radius 2 is 2.12 bits per heavy atom. The zero-order valence-corrected chi connectivity index (χ0v) is 10.2. The Balaban J connectivity index is 2.44. The van der Waals surface area contributed by atoms with Crippen molar-refractivity contribution in [2.24, 2.45) is 0 Å². The molecule has 1 N–H and O–H groups in total. The topological polar surface area (TPSA) is 25.2 Å². The number of likely N-dealkylation sites (N-methyl/N-ethyl adjacent to an activating group) is 1. The number of furan rings is 1. The normalized spacial score (nSPS) is 15.2. The molecule has 0 fully saturated rings. The van der Waals surface area contributed by atoms with E-state index >= 15 is 0 Å². The van der Waals surface area contributed by atoms with Gasteiger partial charge in [0, 0.05) is 17.3 Å². The third-order valence-electron chi connectivity index (χ3n) is 3.50. The molecule has 2 heteroatoms. The highest BCUT2D eigenvalue weighted by Gasteiger charge is 2.23. The van der Waals surface area contributed by atoms with Gasteiger partial charge in [-0.05, 0) is 37.2 Å². The van der Waals surface area contributed by atoms with E-state index in [2.05, 4.69) is 37.4 Å². The van der Waals surface area contributed by atoms with Crippen molar-refractivity contribution in [2.75, 3.05) is 13.6 Å². The van der Waals surface area contributed by atoms with Crippen LogP contribution in [0.4, 0.5) is 0 Å². The van der Waals surface area contributed by atoms with E-state index in [4.69, 9.17) is 4.42 Å². The summed E-state index contributed by atoms with van der Waals surface area (Å²) in [6.45, 7) is 5.52. The van der Waals surface area contributed by atoms with Crippen molar-refractivity contribution in [3.63, 3.8) is 0 Å². The van der Waals surface area contributed by atoms with Gasteiger partial charge in [0.05, 0.1) is 6.26 Å². The van der Waals surface area contributed by atoms with Crippen molar-refractivity contribution in [1.82, 2.24) is 5.32 Å². The molecule has 0 aliphatic rings. The monoisotopic (exact) mass is 217 g/mol. The van der Waals surface area contributed by atoms with Gasteiger partial charge in [0.2, 0.25) is 0 Å². The largest absolute Gasteiger partial charge is 0.464 e. The summed E-state index contributed by atoms with van der Waals surface area (Å²) in [5, 5.41) is 4.46. The lowest BCUT2D eigenvalue weighted by Gasteiger charge is -2.28. The van der Waals surface area contributed by atoms with Crippen LogP contribution in [-0.4, -0.2) is 13.6 Å². The van der Waals surface area contributed by atoms with E-state index in [1.165, 1.54) is 10.9 Å². The Labute approximate surface area is 96.6 Å². The van der Waals surface area contributed by atoms with Gasteiger partial charge in [0.25, 0.3) is 0 Å². The van der Waals surface area contributed by atoms with Crippen molar-refractivity contribution >= 4 is 11.0 Å². The lowest BCUT2D eigenvalue weighted by atomic mass is 9.79. The van der Waals surface area contributed by atoms with Gasteiger partial charge in [-0.3, -0.25) is 0 Å². The standard InChI is InChI=1S/C14H19NO/c1-4-14(2,10-15-3)12-5-6-13-11(9-12)7-8-16-13/h5-9,15H,4,10H2,1-3H3. The van der Waals surface area contributed by atoms with Crippen LogP contribution in [0.2, 0.25) is 0 Å². The molecule has 2 nitrogen and oxygen atoms in total. The minimum absolute atomic E-state index is 0.195. The van der Waals surface area contributed by atoms with Crippen molar-refractivity contribution in [3.05, 3.63) is 36.1 Å². The first-order chi connectivity index (χ1) is 7.69. The van der Waals surface area contributed by atoms with E-state index in [0.717, 1.165) is 18.5 Å². The molecule has 0 spiro atoms. The molecule has 0 radical (unpaired) electrons. The van der Waals surface area contributed by atoms with Crippen molar-refractivity contribution in [3.8, 4) is 0 Å². The number of rotatable bonds is 4. The summed E-state index contributed by atoms with van der Waals surface area (Å²) < 4.78 is 5.36. The first-order valence-corrected chi connectivity index (χ1v) is 5.82. The maximum Gasteiger partial charge on any atom is 0.133 e. The van der Waals surface area contributed by atoms with E-state index in [0.29, 0.717) is 0 Å². The van der Waals surface area contributed by atoms with Crippen LogP contribution < -0.4 is 5.32 Å². The third-order valence-corrected chi connectivity index (χ3v) is 3.50. The molecule has 0 saturated carbocycles. The second kappa shape index (κ2) is 4.30. The molecule has 1 aromatic carbocycles. The van der Waals surface area contributed by atoms with Crippen molar-refractivity contribution in [1.29, 1.82) is 0 Å². The van der Waals surface area contributed by atoms with Gasteiger partial charge in [-0.1, -0.05) is 19.9 Å². The van der Waals surface area contributed by atoms with Crippen molar-refractivity contribution in [2.45, 2.75) is 25.7 Å². The zero-order valence-electron chi connectivity index (χ0n) is 10.2. The van der Waals surface area contributed by atoms with Crippen molar-refractivity contribution < 1.29 is 4.42 Å². The lowest BCUT2D eigenvalue weighted by Crippen LogP contribution is -2.33. The fourth-order valence-electron chi connectivity index (χ4n) is 2.16. The molecule has 1 unspecified atom stereocenters. The summed E-state index contributed by atoms with van der Waals surface area (Å²) >= 11 is 0. The van der Waals surface area contributed by atoms with Gasteiger partial charge in [0.15, 0.2) is 0 Å². The zero-order chi connectivity index (χ0) is 11.6. The predicted molar refractivity (Wildman–Crippen MR) is 67.8 cm³/mol. The van der Waals surface area contributed by atoms with Crippen LogP contribution >= 0.6 is 0 Å². The summed E-state index contributed by atoms with van der Waals surface area (Å²) in [6, 6.07) is 8.49. The molecule has 1 heterocycles. The second-order valence-corrected chi connectivity index (χ2v) is 4.62. The molecule has 0 saturated heterocycles. The molecule has 0 amide bonds. The average molecular weight is 217 g/mol. The Morgan fingerprint density at radius 1 is 1.31 bits per heavy atom. The highest BCUT2D eigenvalue weighted by molar-refractivity contribution is 5.78. The fraction of sp³-hybridized carbons (Fsp3) is 0.429. The van der Waals surface area contributed by atoms with Crippen LogP contribution in [0.1, 0.15) is 25.8 Å². The molecule has 1 atom stereocenters. The first-order valence-electron chi connectivity index (χ1n) is 5.82. The molecule has 86 valence electrons. The Bertz CT molecular complexity index is 474. The SMILES string of the molecule is CCC(C)(CNC)c1ccc2occc2c1. The van der Waals surface area contributed by atoms with Gasteiger partial charge in [-0.2, -0.15) is 0 Å². The average Bonchev–Trinajstić information content (AvgIpc) is 2.76. The smallest absolute Gasteiger partial charge is 0.133 e. The van der Waals surface area contributed by atoms with Gasteiger partial charge >= 0.3 is 0 Å². The summed E-state index contributed by atoms with van der Waals surface area (Å²) in [5.74, 6) is 0. The molecule has 0 aliphatic carbocycles. The summed E-state index contributed by atoms with van der Waals surface area (Å²) in [7, 11) is 2.00. The molecule has 2 rings (SSSR count). The number of benzene rings is 1. The Hall–Kier alpha value is -1.28. The molecule has 0 aliphatic heterocycles. The Kier molecular flexibility index (Phi) is 3.01. The Morgan fingerprint density at radius 3 is 2.81 bits per heavy atom.